The Balaban J connectivity index is 1.96. The maximum atomic E-state index is 14.0. The summed E-state index contributed by atoms with van der Waals surface area (Å²) in [4.78, 5) is 13.7. The zero-order valence-corrected chi connectivity index (χ0v) is 14.1. The standard InChI is InChI=1S/C18H15FN2O3S/c1-2-24-12-7-8-16(22)11(9-12)10-14-17(23)21(18(25)20-14)15-6-4-3-5-13(15)19/h3-10,22H,2H2,1H3,(H,20,25)/b14-10-. The van der Waals surface area contributed by atoms with Crippen molar-refractivity contribution >= 4 is 35.0 Å². The van der Waals surface area contributed by atoms with Gasteiger partial charge in [-0.3, -0.25) is 4.79 Å². The molecule has 1 aliphatic heterocycles. The van der Waals surface area contributed by atoms with Crippen LogP contribution < -0.4 is 15.0 Å². The molecule has 0 aliphatic carbocycles. The third-order valence-corrected chi connectivity index (χ3v) is 3.87. The topological polar surface area (TPSA) is 61.8 Å². The zero-order valence-electron chi connectivity index (χ0n) is 13.3. The third-order valence-electron chi connectivity index (χ3n) is 3.58. The van der Waals surface area contributed by atoms with E-state index in [9.17, 15) is 14.3 Å². The van der Waals surface area contributed by atoms with Crippen molar-refractivity contribution in [1.29, 1.82) is 0 Å². The second-order valence-corrected chi connectivity index (χ2v) is 5.62. The van der Waals surface area contributed by atoms with Gasteiger partial charge in [0.05, 0.1) is 12.3 Å². The van der Waals surface area contributed by atoms with Gasteiger partial charge >= 0.3 is 0 Å². The Kier molecular flexibility index (Phi) is 4.67. The number of carbonyl (C=O) groups is 1. The van der Waals surface area contributed by atoms with Crippen LogP contribution in [0.3, 0.4) is 0 Å². The number of halogens is 1. The number of aromatic hydroxyl groups is 1. The molecule has 0 atom stereocenters. The fraction of sp³-hybridized carbons (Fsp3) is 0.111. The summed E-state index contributed by atoms with van der Waals surface area (Å²) in [6.45, 7) is 2.32. The number of anilines is 1. The van der Waals surface area contributed by atoms with Crippen LogP contribution in [-0.2, 0) is 4.79 Å². The molecule has 0 aromatic heterocycles. The number of hydrogen-bond acceptors (Lipinski definition) is 4. The van der Waals surface area contributed by atoms with Crippen LogP contribution in [-0.4, -0.2) is 22.7 Å². The Morgan fingerprint density at radius 2 is 2.08 bits per heavy atom. The molecule has 7 heteroatoms. The normalized spacial score (nSPS) is 15.6. The lowest BCUT2D eigenvalue weighted by Gasteiger charge is -2.14. The SMILES string of the molecule is CCOc1ccc(O)c(/C=C2\NC(=S)N(c3ccccc3F)C2=O)c1. The summed E-state index contributed by atoms with van der Waals surface area (Å²) >= 11 is 5.15. The lowest BCUT2D eigenvalue weighted by atomic mass is 10.1. The third kappa shape index (κ3) is 3.32. The van der Waals surface area contributed by atoms with Gasteiger partial charge in [-0.2, -0.15) is 0 Å². The van der Waals surface area contributed by atoms with Gasteiger partial charge in [-0.05, 0) is 55.5 Å². The van der Waals surface area contributed by atoms with Gasteiger partial charge in [0.2, 0.25) is 0 Å². The Morgan fingerprint density at radius 1 is 1.32 bits per heavy atom. The highest BCUT2D eigenvalue weighted by atomic mass is 32.1. The Morgan fingerprint density at radius 3 is 2.80 bits per heavy atom. The highest BCUT2D eigenvalue weighted by Crippen LogP contribution is 2.28. The number of nitrogens with zero attached hydrogens (tertiary/aromatic N) is 1. The van der Waals surface area contributed by atoms with Gasteiger partial charge in [0.1, 0.15) is 23.0 Å². The number of rotatable bonds is 4. The molecule has 2 N–H and O–H groups in total. The van der Waals surface area contributed by atoms with Crippen molar-refractivity contribution in [2.24, 2.45) is 0 Å². The second kappa shape index (κ2) is 6.90. The van der Waals surface area contributed by atoms with Crippen LogP contribution in [0.4, 0.5) is 10.1 Å². The average molecular weight is 358 g/mol. The largest absolute Gasteiger partial charge is 0.507 e. The molecule has 5 nitrogen and oxygen atoms in total. The molecule has 0 unspecified atom stereocenters. The lowest BCUT2D eigenvalue weighted by molar-refractivity contribution is -0.113. The number of thiocarbonyl (C=S) groups is 1. The Bertz CT molecular complexity index is 882. The average Bonchev–Trinajstić information content (AvgIpc) is 2.85. The Hall–Kier alpha value is -2.93. The van der Waals surface area contributed by atoms with Crippen LogP contribution in [0.5, 0.6) is 11.5 Å². The first-order valence-corrected chi connectivity index (χ1v) is 7.99. The number of hydrogen-bond donors (Lipinski definition) is 2. The number of phenolic OH excluding ortho intramolecular Hbond substituents is 1. The molecule has 1 amide bonds. The van der Waals surface area contributed by atoms with E-state index in [4.69, 9.17) is 17.0 Å². The van der Waals surface area contributed by atoms with E-state index in [0.717, 1.165) is 4.90 Å². The minimum Gasteiger partial charge on any atom is -0.507 e. The molecule has 1 heterocycles. The molecule has 1 saturated heterocycles. The highest BCUT2D eigenvalue weighted by molar-refractivity contribution is 7.80. The summed E-state index contributed by atoms with van der Waals surface area (Å²) in [5.74, 6) is -0.509. The van der Waals surface area contributed by atoms with Crippen molar-refractivity contribution in [3.05, 3.63) is 59.5 Å². The number of para-hydroxylation sites is 1. The number of ether oxygens (including phenoxy) is 1. The predicted octanol–water partition coefficient (Wildman–Crippen LogP) is 3.19. The minimum atomic E-state index is -0.553. The predicted molar refractivity (Wildman–Crippen MR) is 96.9 cm³/mol. The number of nitrogens with one attached hydrogen (secondary N) is 1. The number of phenols is 1. The molecule has 0 saturated carbocycles. The molecule has 0 radical (unpaired) electrons. The summed E-state index contributed by atoms with van der Waals surface area (Å²) in [6.07, 6.45) is 1.45. The van der Waals surface area contributed by atoms with Gasteiger partial charge in [0, 0.05) is 5.56 Å². The van der Waals surface area contributed by atoms with Gasteiger partial charge in [0.15, 0.2) is 5.11 Å². The van der Waals surface area contributed by atoms with E-state index >= 15 is 0 Å². The first kappa shape index (κ1) is 16.9. The van der Waals surface area contributed by atoms with Gasteiger partial charge in [-0.15, -0.1) is 0 Å². The van der Waals surface area contributed by atoms with E-state index in [1.807, 2.05) is 6.92 Å². The van der Waals surface area contributed by atoms with E-state index < -0.39 is 11.7 Å². The van der Waals surface area contributed by atoms with Crippen molar-refractivity contribution in [3.63, 3.8) is 0 Å². The smallest absolute Gasteiger partial charge is 0.281 e. The fourth-order valence-electron chi connectivity index (χ4n) is 2.45. The molecular formula is C18H15FN2O3S. The molecule has 0 bridgehead atoms. The van der Waals surface area contributed by atoms with E-state index in [1.165, 1.54) is 30.3 Å². The Labute approximate surface area is 149 Å². The van der Waals surface area contributed by atoms with E-state index in [0.29, 0.717) is 17.9 Å². The van der Waals surface area contributed by atoms with Crippen LogP contribution >= 0.6 is 12.2 Å². The molecule has 0 spiro atoms. The van der Waals surface area contributed by atoms with E-state index in [-0.39, 0.29) is 22.2 Å². The number of benzene rings is 2. The van der Waals surface area contributed by atoms with Crippen molar-refractivity contribution < 1.29 is 19.0 Å². The molecule has 25 heavy (non-hydrogen) atoms. The summed E-state index contributed by atoms with van der Waals surface area (Å²) < 4.78 is 19.4. The minimum absolute atomic E-state index is 0.0131. The van der Waals surface area contributed by atoms with Crippen LogP contribution in [0.1, 0.15) is 12.5 Å². The summed E-state index contributed by atoms with van der Waals surface area (Å²) in [6, 6.07) is 10.6. The monoisotopic (exact) mass is 358 g/mol. The van der Waals surface area contributed by atoms with Crippen LogP contribution in [0.25, 0.3) is 6.08 Å². The summed E-state index contributed by atoms with van der Waals surface area (Å²) in [5.41, 5.74) is 0.595. The lowest BCUT2D eigenvalue weighted by Crippen LogP contribution is -2.31. The van der Waals surface area contributed by atoms with Crippen molar-refractivity contribution in [1.82, 2.24) is 5.32 Å². The van der Waals surface area contributed by atoms with Crippen molar-refractivity contribution in [2.45, 2.75) is 6.92 Å². The van der Waals surface area contributed by atoms with Gasteiger partial charge in [0.25, 0.3) is 5.91 Å². The number of amides is 1. The maximum absolute atomic E-state index is 14.0. The highest BCUT2D eigenvalue weighted by Gasteiger charge is 2.33. The molecule has 1 aliphatic rings. The molecule has 2 aromatic rings. The zero-order chi connectivity index (χ0) is 18.0. The van der Waals surface area contributed by atoms with E-state index in [1.54, 1.807) is 18.2 Å². The molecule has 1 fully saturated rings. The first-order valence-electron chi connectivity index (χ1n) is 7.58. The van der Waals surface area contributed by atoms with Gasteiger partial charge < -0.3 is 15.2 Å². The summed E-state index contributed by atoms with van der Waals surface area (Å²) in [7, 11) is 0. The van der Waals surface area contributed by atoms with E-state index in [2.05, 4.69) is 5.32 Å². The molecule has 128 valence electrons. The van der Waals surface area contributed by atoms with Crippen LogP contribution in [0.2, 0.25) is 0 Å². The fourth-order valence-corrected chi connectivity index (χ4v) is 2.74. The molecular weight excluding hydrogens is 343 g/mol. The molecule has 3 rings (SSSR count). The van der Waals surface area contributed by atoms with Crippen molar-refractivity contribution in [2.75, 3.05) is 11.5 Å². The summed E-state index contributed by atoms with van der Waals surface area (Å²) in [5, 5.41) is 12.8. The van der Waals surface area contributed by atoms with Crippen LogP contribution in [0, 0.1) is 5.82 Å². The van der Waals surface area contributed by atoms with Crippen LogP contribution in [0.15, 0.2) is 48.2 Å². The molecule has 2 aromatic carbocycles. The van der Waals surface area contributed by atoms with Gasteiger partial charge in [-0.1, -0.05) is 12.1 Å². The number of carbonyl (C=O) groups excluding carboxylic acids is 1. The van der Waals surface area contributed by atoms with Gasteiger partial charge in [-0.25, -0.2) is 9.29 Å². The second-order valence-electron chi connectivity index (χ2n) is 5.23. The quantitative estimate of drug-likeness (QED) is 0.649. The first-order chi connectivity index (χ1) is 12.0. The maximum Gasteiger partial charge on any atom is 0.281 e. The van der Waals surface area contributed by atoms with Crippen molar-refractivity contribution in [3.8, 4) is 11.5 Å².